The minimum Gasteiger partial charge on any atom is -0.477 e. The molecule has 2 rings (SSSR count). The first-order chi connectivity index (χ1) is 9.63. The summed E-state index contributed by atoms with van der Waals surface area (Å²) < 4.78 is 5.70. The minimum absolute atomic E-state index is 0.0906. The largest absolute Gasteiger partial charge is 0.477 e. The highest BCUT2D eigenvalue weighted by molar-refractivity contribution is 5.95. The van der Waals surface area contributed by atoms with Crippen molar-refractivity contribution in [3.63, 3.8) is 0 Å². The summed E-state index contributed by atoms with van der Waals surface area (Å²) in [6.45, 7) is 4.45. The number of amides is 2. The molecule has 2 amide bonds. The number of fused-ring (bicyclic) bond motifs is 1. The average molecular weight is 276 g/mol. The zero-order valence-electron chi connectivity index (χ0n) is 11.9. The molecule has 0 aliphatic carbocycles. The molecule has 0 aromatic heterocycles. The van der Waals surface area contributed by atoms with Gasteiger partial charge >= 0.3 is 0 Å². The molecule has 1 atom stereocenters. The van der Waals surface area contributed by atoms with Gasteiger partial charge in [0.2, 0.25) is 5.91 Å². The van der Waals surface area contributed by atoms with Crippen molar-refractivity contribution >= 4 is 17.5 Å². The van der Waals surface area contributed by atoms with Crippen LogP contribution in [0.2, 0.25) is 0 Å². The van der Waals surface area contributed by atoms with Crippen LogP contribution in [0.4, 0.5) is 5.69 Å². The maximum atomic E-state index is 12.1. The van der Waals surface area contributed by atoms with E-state index in [-0.39, 0.29) is 18.4 Å². The molecule has 0 saturated carbocycles. The summed E-state index contributed by atoms with van der Waals surface area (Å²) in [6, 6.07) is 7.27. The van der Waals surface area contributed by atoms with Gasteiger partial charge < -0.3 is 15.0 Å². The molecule has 1 N–H and O–H groups in total. The number of nitrogens with zero attached hydrogens (tertiary/aromatic N) is 1. The highest BCUT2D eigenvalue weighted by Gasteiger charge is 2.32. The van der Waals surface area contributed by atoms with E-state index < -0.39 is 6.10 Å². The van der Waals surface area contributed by atoms with Gasteiger partial charge in [0.15, 0.2) is 6.10 Å². The number of carbonyl (C=O) groups excluding carboxylic acids is 2. The van der Waals surface area contributed by atoms with E-state index in [4.69, 9.17) is 4.74 Å². The molecule has 0 radical (unpaired) electrons. The van der Waals surface area contributed by atoms with Crippen LogP contribution in [-0.4, -0.2) is 31.0 Å². The molecule has 1 aliphatic rings. The Morgan fingerprint density at radius 1 is 1.40 bits per heavy atom. The van der Waals surface area contributed by atoms with Gasteiger partial charge in [-0.1, -0.05) is 25.5 Å². The Hall–Kier alpha value is -2.04. The zero-order valence-corrected chi connectivity index (χ0v) is 11.9. The van der Waals surface area contributed by atoms with Gasteiger partial charge in [-0.3, -0.25) is 9.59 Å². The molecule has 108 valence electrons. The molecule has 5 nitrogen and oxygen atoms in total. The summed E-state index contributed by atoms with van der Waals surface area (Å²) in [5.74, 6) is 0.316. The van der Waals surface area contributed by atoms with Gasteiger partial charge in [0, 0.05) is 13.5 Å². The van der Waals surface area contributed by atoms with Crippen molar-refractivity contribution in [3.05, 3.63) is 24.3 Å². The summed E-state index contributed by atoms with van der Waals surface area (Å²) >= 11 is 0. The van der Waals surface area contributed by atoms with Crippen molar-refractivity contribution in [3.8, 4) is 5.75 Å². The van der Waals surface area contributed by atoms with Gasteiger partial charge in [0.25, 0.3) is 5.91 Å². The van der Waals surface area contributed by atoms with Crippen molar-refractivity contribution in [2.75, 3.05) is 18.0 Å². The molecule has 0 spiro atoms. The second-order valence-electron chi connectivity index (χ2n) is 4.85. The Morgan fingerprint density at radius 2 is 2.15 bits per heavy atom. The van der Waals surface area contributed by atoms with Crippen LogP contribution in [0.25, 0.3) is 0 Å². The Balaban J connectivity index is 2.12. The van der Waals surface area contributed by atoms with Crippen LogP contribution in [-0.2, 0) is 9.59 Å². The normalized spacial score (nSPS) is 17.1. The number of hydrogen-bond donors (Lipinski definition) is 1. The van der Waals surface area contributed by atoms with Crippen molar-refractivity contribution in [2.24, 2.45) is 0 Å². The van der Waals surface area contributed by atoms with Crippen LogP contribution in [0.3, 0.4) is 0 Å². The Labute approximate surface area is 118 Å². The van der Waals surface area contributed by atoms with Crippen LogP contribution in [0.15, 0.2) is 24.3 Å². The highest BCUT2D eigenvalue weighted by atomic mass is 16.5. The zero-order chi connectivity index (χ0) is 14.5. The number of unbranched alkanes of at least 4 members (excludes halogenated alkanes) is 1. The van der Waals surface area contributed by atoms with E-state index in [0.29, 0.717) is 12.3 Å². The number of benzene rings is 1. The Bertz CT molecular complexity index is 502. The fraction of sp³-hybridized carbons (Fsp3) is 0.467. The van der Waals surface area contributed by atoms with E-state index in [1.54, 1.807) is 11.0 Å². The number of carbonyl (C=O) groups is 2. The highest BCUT2D eigenvalue weighted by Crippen LogP contribution is 2.33. The van der Waals surface area contributed by atoms with Crippen LogP contribution in [0, 0.1) is 0 Å². The topological polar surface area (TPSA) is 58.6 Å². The third-order valence-corrected chi connectivity index (χ3v) is 3.28. The van der Waals surface area contributed by atoms with Gasteiger partial charge in [0.1, 0.15) is 5.75 Å². The summed E-state index contributed by atoms with van der Waals surface area (Å²) in [5, 5.41) is 2.84. The Morgan fingerprint density at radius 3 is 2.85 bits per heavy atom. The maximum absolute atomic E-state index is 12.1. The Kier molecular flexibility index (Phi) is 4.61. The first-order valence-corrected chi connectivity index (χ1v) is 6.95. The predicted molar refractivity (Wildman–Crippen MR) is 76.8 cm³/mol. The van der Waals surface area contributed by atoms with Crippen LogP contribution < -0.4 is 15.0 Å². The van der Waals surface area contributed by atoms with E-state index >= 15 is 0 Å². The molecule has 0 bridgehead atoms. The number of rotatable bonds is 4. The van der Waals surface area contributed by atoms with Crippen LogP contribution in [0.5, 0.6) is 5.75 Å². The molecule has 1 aliphatic heterocycles. The van der Waals surface area contributed by atoms with Gasteiger partial charge in [-0.05, 0) is 18.6 Å². The lowest BCUT2D eigenvalue weighted by molar-refractivity contribution is -0.128. The van der Waals surface area contributed by atoms with Crippen LogP contribution in [0.1, 0.15) is 26.7 Å². The van der Waals surface area contributed by atoms with E-state index in [2.05, 4.69) is 12.2 Å². The molecular weight excluding hydrogens is 256 g/mol. The quantitative estimate of drug-likeness (QED) is 0.852. The molecule has 5 heteroatoms. The monoisotopic (exact) mass is 276 g/mol. The molecule has 1 heterocycles. The molecular formula is C15H20N2O3. The summed E-state index contributed by atoms with van der Waals surface area (Å²) in [4.78, 5) is 25.4. The second-order valence-corrected chi connectivity index (χ2v) is 4.85. The van der Waals surface area contributed by atoms with Gasteiger partial charge in [0.05, 0.1) is 12.2 Å². The summed E-state index contributed by atoms with van der Waals surface area (Å²) in [5.41, 5.74) is 0.720. The first-order valence-electron chi connectivity index (χ1n) is 6.95. The lowest BCUT2D eigenvalue weighted by Crippen LogP contribution is -2.50. The van der Waals surface area contributed by atoms with Crippen molar-refractivity contribution in [1.82, 2.24) is 5.32 Å². The SMILES string of the molecule is CCCCNC(=O)[C@H]1CN(C(C)=O)c2ccccc2O1. The molecule has 0 saturated heterocycles. The molecule has 1 aromatic carbocycles. The lowest BCUT2D eigenvalue weighted by atomic mass is 10.1. The predicted octanol–water partition coefficient (Wildman–Crippen LogP) is 1.72. The van der Waals surface area contributed by atoms with Crippen molar-refractivity contribution in [1.29, 1.82) is 0 Å². The number of nitrogens with one attached hydrogen (secondary N) is 1. The van der Waals surface area contributed by atoms with Gasteiger partial charge in [-0.25, -0.2) is 0 Å². The molecule has 0 fully saturated rings. The van der Waals surface area contributed by atoms with E-state index in [1.165, 1.54) is 6.92 Å². The number of ether oxygens (including phenoxy) is 1. The first kappa shape index (κ1) is 14.4. The third kappa shape index (κ3) is 3.10. The van der Waals surface area contributed by atoms with Gasteiger partial charge in [-0.2, -0.15) is 0 Å². The van der Waals surface area contributed by atoms with Gasteiger partial charge in [-0.15, -0.1) is 0 Å². The average Bonchev–Trinajstić information content (AvgIpc) is 2.46. The number of anilines is 1. The standard InChI is InChI=1S/C15H20N2O3/c1-3-4-9-16-15(19)14-10-17(11(2)18)12-7-5-6-8-13(12)20-14/h5-8,14H,3-4,9-10H2,1-2H3,(H,16,19)/t14-/m1/s1. The van der Waals surface area contributed by atoms with E-state index in [0.717, 1.165) is 18.5 Å². The number of hydrogen-bond acceptors (Lipinski definition) is 3. The van der Waals surface area contributed by atoms with E-state index in [1.807, 2.05) is 18.2 Å². The lowest BCUT2D eigenvalue weighted by Gasteiger charge is -2.33. The van der Waals surface area contributed by atoms with Crippen molar-refractivity contribution in [2.45, 2.75) is 32.8 Å². The number of para-hydroxylation sites is 2. The second kappa shape index (κ2) is 6.41. The maximum Gasteiger partial charge on any atom is 0.262 e. The smallest absolute Gasteiger partial charge is 0.262 e. The summed E-state index contributed by atoms with van der Waals surface area (Å²) in [6.07, 6.45) is 1.31. The fourth-order valence-electron chi connectivity index (χ4n) is 2.17. The molecule has 0 unspecified atom stereocenters. The third-order valence-electron chi connectivity index (χ3n) is 3.28. The van der Waals surface area contributed by atoms with E-state index in [9.17, 15) is 9.59 Å². The molecule has 20 heavy (non-hydrogen) atoms. The minimum atomic E-state index is -0.648. The molecule has 1 aromatic rings. The summed E-state index contributed by atoms with van der Waals surface area (Å²) in [7, 11) is 0. The van der Waals surface area contributed by atoms with Crippen molar-refractivity contribution < 1.29 is 14.3 Å². The van der Waals surface area contributed by atoms with Crippen LogP contribution >= 0.6 is 0 Å². The fourth-order valence-corrected chi connectivity index (χ4v) is 2.17.